The Bertz CT molecular complexity index is 1430. The molecule has 0 spiro atoms. The summed E-state index contributed by atoms with van der Waals surface area (Å²) in [6.07, 6.45) is -0.141. The maximum absolute atomic E-state index is 13.0. The van der Waals surface area contributed by atoms with Gasteiger partial charge in [-0.25, -0.2) is 15.0 Å². The van der Waals surface area contributed by atoms with Gasteiger partial charge in [-0.05, 0) is 30.7 Å². The quantitative estimate of drug-likeness (QED) is 0.280. The molecule has 37 heavy (non-hydrogen) atoms. The fourth-order valence-corrected chi connectivity index (χ4v) is 4.91. The van der Waals surface area contributed by atoms with Gasteiger partial charge in [0.25, 0.3) is 5.91 Å². The highest BCUT2D eigenvalue weighted by molar-refractivity contribution is 6.35. The molecule has 2 aromatic heterocycles. The maximum Gasteiger partial charge on any atom is 0.251 e. The zero-order chi connectivity index (χ0) is 26.1. The highest BCUT2D eigenvalue weighted by Gasteiger charge is 2.46. The molecule has 1 aliphatic rings. The van der Waals surface area contributed by atoms with Gasteiger partial charge >= 0.3 is 0 Å². The number of carbonyl (C=O) groups is 1. The zero-order valence-corrected chi connectivity index (χ0v) is 21.2. The number of nitrogens with zero attached hydrogens (tertiary/aromatic N) is 4. The Kier molecular flexibility index (Phi) is 7.27. The van der Waals surface area contributed by atoms with Crippen molar-refractivity contribution in [2.24, 2.45) is 0 Å². The van der Waals surface area contributed by atoms with Crippen molar-refractivity contribution in [1.82, 2.24) is 24.8 Å². The molecule has 0 radical (unpaired) electrons. The lowest BCUT2D eigenvalue weighted by molar-refractivity contribution is -0.0440. The lowest BCUT2D eigenvalue weighted by atomic mass is 10.1. The first-order valence-corrected chi connectivity index (χ1v) is 12.3. The van der Waals surface area contributed by atoms with E-state index in [-0.39, 0.29) is 5.56 Å². The summed E-state index contributed by atoms with van der Waals surface area (Å²) in [6, 6.07) is 11.6. The third kappa shape index (κ3) is 5.25. The second-order valence-corrected chi connectivity index (χ2v) is 9.66. The molecule has 4 atom stereocenters. The van der Waals surface area contributed by atoms with Gasteiger partial charge in [0.1, 0.15) is 24.6 Å². The second kappa shape index (κ2) is 10.6. The van der Waals surface area contributed by atoms with Gasteiger partial charge in [0.15, 0.2) is 23.2 Å². The van der Waals surface area contributed by atoms with Crippen molar-refractivity contribution in [3.8, 4) is 0 Å². The third-order valence-electron chi connectivity index (χ3n) is 6.15. The Hall–Kier alpha value is -3.28. The van der Waals surface area contributed by atoms with E-state index in [1.165, 1.54) is 30.9 Å². The predicted octanol–water partition coefficient (Wildman–Crippen LogP) is 3.10. The molecule has 1 fully saturated rings. The summed E-state index contributed by atoms with van der Waals surface area (Å²) in [6.45, 7) is 2.12. The topological polar surface area (TPSA) is 134 Å². The number of amides is 1. The SMILES string of the molecule is Cc1cccc(CNc2ncnc3c2ncn3[C@@H]2O[C@H](CO)[C@@H](O)[C@H]2NC(=O)c2cc(Cl)cc(Cl)c2)c1. The Balaban J connectivity index is 1.43. The number of nitrogens with one attached hydrogen (secondary N) is 2. The van der Waals surface area contributed by atoms with Crippen LogP contribution in [0.1, 0.15) is 27.7 Å². The minimum Gasteiger partial charge on any atom is -0.394 e. The Labute approximate surface area is 222 Å². The minimum atomic E-state index is -1.20. The van der Waals surface area contributed by atoms with Gasteiger partial charge in [0.05, 0.1) is 12.9 Å². The van der Waals surface area contributed by atoms with Crippen molar-refractivity contribution >= 4 is 46.1 Å². The molecule has 1 saturated heterocycles. The molecule has 12 heteroatoms. The van der Waals surface area contributed by atoms with Crippen molar-refractivity contribution < 1.29 is 19.7 Å². The maximum atomic E-state index is 13.0. The average Bonchev–Trinajstić information content (AvgIpc) is 3.43. The van der Waals surface area contributed by atoms with Gasteiger partial charge in [-0.15, -0.1) is 0 Å². The van der Waals surface area contributed by atoms with Crippen LogP contribution < -0.4 is 10.6 Å². The van der Waals surface area contributed by atoms with E-state index in [1.54, 1.807) is 4.57 Å². The van der Waals surface area contributed by atoms with E-state index in [4.69, 9.17) is 27.9 Å². The van der Waals surface area contributed by atoms with E-state index < -0.39 is 37.0 Å². The molecule has 0 bridgehead atoms. The number of aliphatic hydroxyl groups excluding tert-OH is 2. The second-order valence-electron chi connectivity index (χ2n) is 8.78. The summed E-state index contributed by atoms with van der Waals surface area (Å²) >= 11 is 12.1. The molecule has 1 aliphatic heterocycles. The molecule has 192 valence electrons. The predicted molar refractivity (Wildman–Crippen MR) is 139 cm³/mol. The highest BCUT2D eigenvalue weighted by atomic mass is 35.5. The molecule has 0 saturated carbocycles. The van der Waals surface area contributed by atoms with Crippen LogP contribution in [0.25, 0.3) is 11.2 Å². The first kappa shape index (κ1) is 25.4. The Morgan fingerprint density at radius 3 is 2.65 bits per heavy atom. The standard InChI is InChI=1S/C25H24Cl2N6O4/c1-13-3-2-4-14(5-13)9-28-22-20-23(30-11-29-22)33(12-31-20)25-19(21(35)18(10-34)37-25)32-24(36)15-6-16(26)8-17(27)7-15/h2-8,11-12,18-19,21,25,34-35H,9-10H2,1H3,(H,32,36)(H,28,29,30)/t18-,19-,21-,25-/m1/s1. The molecular weight excluding hydrogens is 519 g/mol. The first-order valence-electron chi connectivity index (χ1n) is 11.5. The number of ether oxygens (including phenoxy) is 1. The van der Waals surface area contributed by atoms with Crippen LogP contribution >= 0.6 is 23.2 Å². The fourth-order valence-electron chi connectivity index (χ4n) is 4.39. The molecule has 2 aromatic carbocycles. The average molecular weight is 543 g/mol. The molecule has 10 nitrogen and oxygen atoms in total. The number of aryl methyl sites for hydroxylation is 1. The summed E-state index contributed by atoms with van der Waals surface area (Å²) in [4.78, 5) is 26.2. The Morgan fingerprint density at radius 2 is 1.92 bits per heavy atom. The van der Waals surface area contributed by atoms with Crippen molar-refractivity contribution in [2.75, 3.05) is 11.9 Å². The van der Waals surface area contributed by atoms with Gasteiger partial charge in [-0.3, -0.25) is 9.36 Å². The largest absolute Gasteiger partial charge is 0.394 e. The van der Waals surface area contributed by atoms with Crippen LogP contribution in [0.4, 0.5) is 5.82 Å². The molecular formula is C25H24Cl2N6O4. The molecule has 0 aliphatic carbocycles. The number of imidazole rings is 1. The van der Waals surface area contributed by atoms with E-state index in [0.717, 1.165) is 11.1 Å². The number of aliphatic hydroxyl groups is 2. The summed E-state index contributed by atoms with van der Waals surface area (Å²) < 4.78 is 7.53. The van der Waals surface area contributed by atoms with Crippen LogP contribution in [0.3, 0.4) is 0 Å². The van der Waals surface area contributed by atoms with E-state index in [9.17, 15) is 15.0 Å². The van der Waals surface area contributed by atoms with Crippen molar-refractivity contribution in [3.63, 3.8) is 0 Å². The van der Waals surface area contributed by atoms with Gasteiger partial charge in [-0.1, -0.05) is 53.0 Å². The Morgan fingerprint density at radius 1 is 1.14 bits per heavy atom. The summed E-state index contributed by atoms with van der Waals surface area (Å²) in [5, 5.41) is 27.3. The summed E-state index contributed by atoms with van der Waals surface area (Å²) in [5.74, 6) is 0.0110. The van der Waals surface area contributed by atoms with Crippen molar-refractivity contribution in [3.05, 3.63) is 81.9 Å². The third-order valence-corrected chi connectivity index (χ3v) is 6.58. The number of aromatic nitrogens is 4. The van der Waals surface area contributed by atoms with Crippen LogP contribution in [0.15, 0.2) is 55.1 Å². The van der Waals surface area contributed by atoms with Crippen LogP contribution in [-0.4, -0.2) is 60.5 Å². The van der Waals surface area contributed by atoms with Crippen LogP contribution in [0.5, 0.6) is 0 Å². The number of hydrogen-bond donors (Lipinski definition) is 4. The van der Waals surface area contributed by atoms with Gasteiger partial charge in [0, 0.05) is 22.2 Å². The zero-order valence-electron chi connectivity index (χ0n) is 19.7. The molecule has 3 heterocycles. The molecule has 5 rings (SSSR count). The van der Waals surface area contributed by atoms with Crippen LogP contribution in [0.2, 0.25) is 10.0 Å². The lowest BCUT2D eigenvalue weighted by Crippen LogP contribution is -2.46. The van der Waals surface area contributed by atoms with Crippen molar-refractivity contribution in [1.29, 1.82) is 0 Å². The molecule has 0 unspecified atom stereocenters. The molecule has 4 N–H and O–H groups in total. The summed E-state index contributed by atoms with van der Waals surface area (Å²) in [5.41, 5.74) is 3.38. The fraction of sp³-hybridized carbons (Fsp3) is 0.280. The minimum absolute atomic E-state index is 0.219. The number of hydrogen-bond acceptors (Lipinski definition) is 8. The number of anilines is 1. The van der Waals surface area contributed by atoms with Gasteiger partial charge < -0.3 is 25.6 Å². The van der Waals surface area contributed by atoms with Gasteiger partial charge in [-0.2, -0.15) is 0 Å². The van der Waals surface area contributed by atoms with E-state index in [0.29, 0.717) is 33.6 Å². The highest BCUT2D eigenvalue weighted by Crippen LogP contribution is 2.33. The van der Waals surface area contributed by atoms with Crippen LogP contribution in [0, 0.1) is 6.92 Å². The molecule has 1 amide bonds. The number of halogens is 2. The lowest BCUT2D eigenvalue weighted by Gasteiger charge is -2.23. The number of benzene rings is 2. The van der Waals surface area contributed by atoms with Gasteiger partial charge in [0.2, 0.25) is 0 Å². The van der Waals surface area contributed by atoms with Crippen molar-refractivity contribution in [2.45, 2.75) is 37.9 Å². The monoisotopic (exact) mass is 542 g/mol. The number of carbonyl (C=O) groups excluding carboxylic acids is 1. The van der Waals surface area contributed by atoms with E-state index in [1.807, 2.05) is 25.1 Å². The molecule has 4 aromatic rings. The number of rotatable bonds is 7. The smallest absolute Gasteiger partial charge is 0.251 e. The van der Waals surface area contributed by atoms with Crippen LogP contribution in [-0.2, 0) is 11.3 Å². The normalized spacial score (nSPS) is 21.3. The number of fused-ring (bicyclic) bond motifs is 1. The van der Waals surface area contributed by atoms with E-state index in [2.05, 4.69) is 31.7 Å². The first-order chi connectivity index (χ1) is 17.8. The summed E-state index contributed by atoms with van der Waals surface area (Å²) in [7, 11) is 0. The van der Waals surface area contributed by atoms with E-state index >= 15 is 0 Å².